The molecule has 1 unspecified atom stereocenters. The Morgan fingerprint density at radius 1 is 1.50 bits per heavy atom. The van der Waals surface area contributed by atoms with E-state index in [1.807, 2.05) is 14.0 Å². The van der Waals surface area contributed by atoms with E-state index in [0.29, 0.717) is 18.9 Å². The molecule has 5 nitrogen and oxygen atoms in total. The first-order chi connectivity index (χ1) is 7.61. The van der Waals surface area contributed by atoms with Gasteiger partial charge in [-0.3, -0.25) is 10.2 Å². The Kier molecular flexibility index (Phi) is 8.49. The zero-order chi connectivity index (χ0) is 12.4. The predicted molar refractivity (Wildman–Crippen MR) is 63.1 cm³/mol. The number of hydrazine groups is 1. The van der Waals surface area contributed by atoms with Crippen LogP contribution in [0.5, 0.6) is 0 Å². The van der Waals surface area contributed by atoms with Crippen molar-refractivity contribution < 1.29 is 4.79 Å². The lowest BCUT2D eigenvalue weighted by Crippen LogP contribution is -2.30. The Hall–Kier alpha value is -1.12. The Morgan fingerprint density at radius 2 is 2.19 bits per heavy atom. The highest BCUT2D eigenvalue weighted by Crippen LogP contribution is 2.05. The number of hydrogen-bond acceptors (Lipinski definition) is 4. The van der Waals surface area contributed by atoms with Gasteiger partial charge in [-0.2, -0.15) is 5.26 Å². The van der Waals surface area contributed by atoms with Crippen molar-refractivity contribution in [1.29, 1.82) is 5.26 Å². The summed E-state index contributed by atoms with van der Waals surface area (Å²) in [6.45, 7) is 3.01. The van der Waals surface area contributed by atoms with Gasteiger partial charge >= 0.3 is 0 Å². The molecular formula is C11H22N4O. The number of amides is 1. The molecule has 0 aromatic rings. The molecule has 0 aliphatic heterocycles. The van der Waals surface area contributed by atoms with Gasteiger partial charge in [0, 0.05) is 12.5 Å². The van der Waals surface area contributed by atoms with Crippen LogP contribution >= 0.6 is 0 Å². The van der Waals surface area contributed by atoms with Gasteiger partial charge in [0.2, 0.25) is 5.91 Å². The van der Waals surface area contributed by atoms with Crippen LogP contribution in [-0.2, 0) is 4.79 Å². The molecule has 0 aromatic heterocycles. The molecule has 0 saturated carbocycles. The van der Waals surface area contributed by atoms with Gasteiger partial charge in [-0.05, 0) is 33.4 Å². The summed E-state index contributed by atoms with van der Waals surface area (Å²) < 4.78 is 0. The van der Waals surface area contributed by atoms with Crippen molar-refractivity contribution in [3.8, 4) is 6.07 Å². The molecule has 5 heteroatoms. The second-order valence-corrected chi connectivity index (χ2v) is 4.07. The average Bonchev–Trinajstić information content (AvgIpc) is 2.28. The molecule has 92 valence electrons. The van der Waals surface area contributed by atoms with Gasteiger partial charge in [-0.25, -0.2) is 5.84 Å². The first-order valence-corrected chi connectivity index (χ1v) is 5.68. The van der Waals surface area contributed by atoms with Crippen LogP contribution in [0, 0.1) is 11.3 Å². The Morgan fingerprint density at radius 3 is 2.75 bits per heavy atom. The van der Waals surface area contributed by atoms with E-state index in [2.05, 4.69) is 16.4 Å². The molecule has 3 N–H and O–H groups in total. The number of carbonyl (C=O) groups excluding carboxylic acids is 1. The maximum Gasteiger partial charge on any atom is 0.233 e. The topological polar surface area (TPSA) is 82.2 Å². The minimum absolute atomic E-state index is 0.105. The van der Waals surface area contributed by atoms with E-state index >= 15 is 0 Å². The van der Waals surface area contributed by atoms with Gasteiger partial charge in [-0.1, -0.05) is 6.42 Å². The molecule has 16 heavy (non-hydrogen) atoms. The number of nitriles is 1. The van der Waals surface area contributed by atoms with Crippen molar-refractivity contribution in [2.75, 3.05) is 13.6 Å². The number of nitrogens with zero attached hydrogens (tertiary/aromatic N) is 2. The third-order valence-corrected chi connectivity index (χ3v) is 2.71. The van der Waals surface area contributed by atoms with Crippen LogP contribution < -0.4 is 11.3 Å². The van der Waals surface area contributed by atoms with Gasteiger partial charge in [0.15, 0.2) is 0 Å². The normalized spacial score (nSPS) is 12.2. The molecule has 0 aliphatic rings. The van der Waals surface area contributed by atoms with E-state index in [1.165, 1.54) is 0 Å². The maximum absolute atomic E-state index is 10.8. The van der Waals surface area contributed by atoms with E-state index in [0.717, 1.165) is 25.8 Å². The van der Waals surface area contributed by atoms with Crippen molar-refractivity contribution in [1.82, 2.24) is 10.3 Å². The summed E-state index contributed by atoms with van der Waals surface area (Å²) in [6.07, 6.45) is 3.98. The SMILES string of the molecule is CC(CC#N)N(C)CCCCCC(=O)NN. The number of unbranched alkanes of at least 4 members (excludes halogenated alkanes) is 2. The maximum atomic E-state index is 10.8. The van der Waals surface area contributed by atoms with Crippen LogP contribution in [0.1, 0.15) is 39.0 Å². The molecule has 1 atom stereocenters. The smallest absolute Gasteiger partial charge is 0.233 e. The fourth-order valence-corrected chi connectivity index (χ4v) is 1.40. The summed E-state index contributed by atoms with van der Waals surface area (Å²) in [6, 6.07) is 2.47. The molecule has 0 radical (unpaired) electrons. The zero-order valence-electron chi connectivity index (χ0n) is 10.2. The largest absolute Gasteiger partial charge is 0.303 e. The summed E-state index contributed by atoms with van der Waals surface area (Å²) in [7, 11) is 2.02. The van der Waals surface area contributed by atoms with E-state index in [4.69, 9.17) is 11.1 Å². The fraction of sp³-hybridized carbons (Fsp3) is 0.818. The fourth-order valence-electron chi connectivity index (χ4n) is 1.40. The van der Waals surface area contributed by atoms with Crippen molar-refractivity contribution in [2.45, 2.75) is 45.1 Å². The number of carbonyl (C=O) groups is 1. The molecule has 0 spiro atoms. The summed E-state index contributed by atoms with van der Waals surface area (Å²) in [5.41, 5.74) is 2.11. The van der Waals surface area contributed by atoms with Gasteiger partial charge in [0.05, 0.1) is 12.5 Å². The van der Waals surface area contributed by atoms with Crippen molar-refractivity contribution in [3.63, 3.8) is 0 Å². The molecule has 0 rings (SSSR count). The van der Waals surface area contributed by atoms with Gasteiger partial charge in [0.1, 0.15) is 0 Å². The molecule has 0 saturated heterocycles. The van der Waals surface area contributed by atoms with E-state index in [9.17, 15) is 4.79 Å². The molecule has 0 aromatic carbocycles. The summed E-state index contributed by atoms with van der Waals surface area (Å²) >= 11 is 0. The number of hydrogen-bond donors (Lipinski definition) is 2. The minimum Gasteiger partial charge on any atom is -0.303 e. The number of nitrogens with one attached hydrogen (secondary N) is 1. The lowest BCUT2D eigenvalue weighted by Gasteiger charge is -2.22. The van der Waals surface area contributed by atoms with Crippen LogP contribution in [0.4, 0.5) is 0 Å². The highest BCUT2D eigenvalue weighted by atomic mass is 16.2. The van der Waals surface area contributed by atoms with Crippen molar-refractivity contribution in [3.05, 3.63) is 0 Å². The standard InChI is InChI=1S/C11H22N4O/c1-10(7-8-12)15(2)9-5-3-4-6-11(16)14-13/h10H,3-7,9,13H2,1-2H3,(H,14,16). The Balaban J connectivity index is 3.44. The molecule has 0 bridgehead atoms. The van der Waals surface area contributed by atoms with Crippen LogP contribution in [-0.4, -0.2) is 30.4 Å². The molecule has 1 amide bonds. The van der Waals surface area contributed by atoms with E-state index in [-0.39, 0.29) is 5.91 Å². The third kappa shape index (κ3) is 7.21. The van der Waals surface area contributed by atoms with Gasteiger partial charge in [-0.15, -0.1) is 0 Å². The lowest BCUT2D eigenvalue weighted by atomic mass is 10.1. The molecule has 0 aliphatic carbocycles. The molecule has 0 heterocycles. The molecular weight excluding hydrogens is 204 g/mol. The highest BCUT2D eigenvalue weighted by molar-refractivity contribution is 5.74. The van der Waals surface area contributed by atoms with Crippen LogP contribution in [0.2, 0.25) is 0 Å². The first kappa shape index (κ1) is 14.9. The summed E-state index contributed by atoms with van der Waals surface area (Å²) in [5, 5.41) is 8.55. The summed E-state index contributed by atoms with van der Waals surface area (Å²) in [5.74, 6) is 4.86. The van der Waals surface area contributed by atoms with Gasteiger partial charge in [0.25, 0.3) is 0 Å². The van der Waals surface area contributed by atoms with Crippen LogP contribution in [0.25, 0.3) is 0 Å². The minimum atomic E-state index is -0.105. The highest BCUT2D eigenvalue weighted by Gasteiger charge is 2.07. The predicted octanol–water partition coefficient (Wildman–Crippen LogP) is 0.771. The Bertz CT molecular complexity index is 237. The summed E-state index contributed by atoms with van der Waals surface area (Å²) in [4.78, 5) is 13.0. The molecule has 0 fully saturated rings. The number of rotatable bonds is 8. The van der Waals surface area contributed by atoms with Crippen LogP contribution in [0.15, 0.2) is 0 Å². The number of nitrogens with two attached hydrogens (primary N) is 1. The average molecular weight is 226 g/mol. The Labute approximate surface area is 97.6 Å². The second kappa shape index (κ2) is 9.13. The first-order valence-electron chi connectivity index (χ1n) is 5.68. The van der Waals surface area contributed by atoms with Crippen molar-refractivity contribution >= 4 is 5.91 Å². The lowest BCUT2D eigenvalue weighted by molar-refractivity contribution is -0.121. The monoisotopic (exact) mass is 226 g/mol. The van der Waals surface area contributed by atoms with Crippen LogP contribution in [0.3, 0.4) is 0 Å². The van der Waals surface area contributed by atoms with E-state index in [1.54, 1.807) is 0 Å². The van der Waals surface area contributed by atoms with E-state index < -0.39 is 0 Å². The van der Waals surface area contributed by atoms with Gasteiger partial charge < -0.3 is 4.90 Å². The quantitative estimate of drug-likeness (QED) is 0.277. The second-order valence-electron chi connectivity index (χ2n) is 4.07. The third-order valence-electron chi connectivity index (χ3n) is 2.71. The zero-order valence-corrected chi connectivity index (χ0v) is 10.2. The van der Waals surface area contributed by atoms with Crippen molar-refractivity contribution in [2.24, 2.45) is 5.84 Å².